The number of nitrogens with one attached hydrogen (secondary N) is 3. The van der Waals surface area contributed by atoms with Crippen LogP contribution in [0.4, 0.5) is 0 Å². The maximum absolute atomic E-state index is 14.0. The summed E-state index contributed by atoms with van der Waals surface area (Å²) in [5, 5.41) is 10.7. The minimum atomic E-state index is -2.91. The lowest BCUT2D eigenvalue weighted by molar-refractivity contribution is -0.144. The molecule has 0 unspecified atom stereocenters. The first-order valence-corrected chi connectivity index (χ1v) is 22.1. The van der Waals surface area contributed by atoms with E-state index in [9.17, 15) is 24.0 Å². The molecule has 56 heavy (non-hydrogen) atoms. The monoisotopic (exact) mass is 781 g/mol. The third-order valence-corrected chi connectivity index (χ3v) is 16.6. The molecule has 2 fully saturated rings. The Balaban J connectivity index is 1.25. The Bertz CT molecular complexity index is 1780. The van der Waals surface area contributed by atoms with E-state index in [0.717, 1.165) is 15.9 Å². The van der Waals surface area contributed by atoms with Crippen molar-refractivity contribution in [2.75, 3.05) is 6.54 Å². The summed E-state index contributed by atoms with van der Waals surface area (Å²) in [6.07, 6.45) is 6.65. The fraction of sp³-hybridized carbons (Fsp3) is 0.500. The van der Waals surface area contributed by atoms with Crippen LogP contribution in [0.3, 0.4) is 0 Å². The van der Waals surface area contributed by atoms with Crippen LogP contribution in [0.2, 0.25) is 5.04 Å². The van der Waals surface area contributed by atoms with Gasteiger partial charge in [0, 0.05) is 31.8 Å². The molecule has 4 amide bonds. The molecule has 3 aromatic rings. The van der Waals surface area contributed by atoms with Gasteiger partial charge in [0.05, 0.1) is 0 Å². The van der Waals surface area contributed by atoms with Gasteiger partial charge in [-0.2, -0.15) is 0 Å². The number of pyridine rings is 1. The van der Waals surface area contributed by atoms with E-state index in [1.165, 1.54) is 0 Å². The van der Waals surface area contributed by atoms with Crippen LogP contribution >= 0.6 is 0 Å². The van der Waals surface area contributed by atoms with Crippen LogP contribution in [0, 0.1) is 0 Å². The summed E-state index contributed by atoms with van der Waals surface area (Å²) in [6.45, 7) is 12.2. The van der Waals surface area contributed by atoms with Gasteiger partial charge in [-0.25, -0.2) is 0 Å². The molecule has 5 atom stereocenters. The molecule has 2 aliphatic rings. The van der Waals surface area contributed by atoms with Crippen molar-refractivity contribution in [1.82, 2.24) is 25.8 Å². The SMILES string of the molecule is CC[C@]1(C)NC(=O)[C@H](CCCCCC(=O)[C@H](C)O[Si](c2ccccc2)(c2ccccc2)C(C)(C)C)NC(=O)[C@H]2CCCN2C(=O)[C@H](Cc2ccncc2)NC1=O. The van der Waals surface area contributed by atoms with Gasteiger partial charge in [-0.05, 0) is 79.1 Å². The van der Waals surface area contributed by atoms with Crippen LogP contribution in [0.15, 0.2) is 85.2 Å². The van der Waals surface area contributed by atoms with E-state index in [2.05, 4.69) is 66.0 Å². The average Bonchev–Trinajstić information content (AvgIpc) is 3.69. The van der Waals surface area contributed by atoms with Gasteiger partial charge in [0.15, 0.2) is 5.78 Å². The molecule has 2 aliphatic heterocycles. The molecule has 0 bridgehead atoms. The minimum Gasteiger partial charge on any atom is -0.398 e. The van der Waals surface area contributed by atoms with Crippen LogP contribution in [0.25, 0.3) is 0 Å². The lowest BCUT2D eigenvalue weighted by Gasteiger charge is -2.44. The Kier molecular flexibility index (Phi) is 14.0. The Morgan fingerprint density at radius 2 is 1.52 bits per heavy atom. The van der Waals surface area contributed by atoms with Crippen molar-refractivity contribution < 1.29 is 28.4 Å². The Morgan fingerprint density at radius 3 is 2.11 bits per heavy atom. The number of carbonyl (C=O) groups is 5. The van der Waals surface area contributed by atoms with Crippen LogP contribution in [-0.2, 0) is 34.8 Å². The zero-order valence-corrected chi connectivity index (χ0v) is 34.8. The summed E-state index contributed by atoms with van der Waals surface area (Å²) < 4.78 is 7.02. The number of hydrogen-bond donors (Lipinski definition) is 3. The van der Waals surface area contributed by atoms with Gasteiger partial charge in [0.1, 0.15) is 29.8 Å². The number of unbranched alkanes of at least 4 members (excludes halogenated alkanes) is 2. The molecule has 1 aromatic heterocycles. The molecule has 0 spiro atoms. The normalized spacial score (nSPS) is 22.9. The largest absolute Gasteiger partial charge is 0.398 e. The third-order valence-electron chi connectivity index (χ3n) is 11.5. The standard InChI is InChI=1S/C44H59N5O6Si/c1-7-44(6)42(54)47-36(30-32-25-27-45-28-26-32)41(53)49-29-17-23-37(49)40(52)46-35(39(51)48-44)22-15-10-16-24-38(50)31(2)55-56(43(3,4)5,33-18-11-8-12-19-33)34-20-13-9-14-21-34/h8-9,11-14,18-21,25-28,31,35-37H,7,10,15-17,22-24,29-30H2,1-6H3,(H,46,52)(H,47,54)(H,48,51)/t31-,35-,36-,37+,44-/m0/s1. The number of carbonyl (C=O) groups excluding carboxylic acids is 5. The van der Waals surface area contributed by atoms with E-state index in [-0.39, 0.29) is 35.5 Å². The van der Waals surface area contributed by atoms with E-state index in [1.54, 1.807) is 43.3 Å². The van der Waals surface area contributed by atoms with E-state index in [0.29, 0.717) is 51.5 Å². The molecule has 300 valence electrons. The molecule has 0 radical (unpaired) electrons. The van der Waals surface area contributed by atoms with Gasteiger partial charge in [0.2, 0.25) is 23.6 Å². The van der Waals surface area contributed by atoms with Gasteiger partial charge in [0.25, 0.3) is 8.32 Å². The second-order valence-electron chi connectivity index (χ2n) is 16.5. The summed E-state index contributed by atoms with van der Waals surface area (Å²) >= 11 is 0. The summed E-state index contributed by atoms with van der Waals surface area (Å²) in [5.41, 5.74) is -0.509. The smallest absolute Gasteiger partial charge is 0.262 e. The molecule has 12 heteroatoms. The van der Waals surface area contributed by atoms with Crippen molar-refractivity contribution >= 4 is 48.1 Å². The number of rotatable bonds is 14. The number of Topliss-reactive ketones (excluding diaryl/α,β-unsaturated/α-hetero) is 1. The van der Waals surface area contributed by atoms with E-state index < -0.39 is 49.9 Å². The number of hydrogen-bond acceptors (Lipinski definition) is 7. The average molecular weight is 782 g/mol. The third kappa shape index (κ3) is 9.63. The van der Waals surface area contributed by atoms with Crippen molar-refractivity contribution in [3.63, 3.8) is 0 Å². The number of aromatic nitrogens is 1. The zero-order valence-electron chi connectivity index (χ0n) is 33.8. The molecule has 3 heterocycles. The second-order valence-corrected chi connectivity index (χ2v) is 20.8. The number of ketones is 1. The van der Waals surface area contributed by atoms with Crippen LogP contribution in [0.5, 0.6) is 0 Å². The van der Waals surface area contributed by atoms with Crippen LogP contribution in [0.1, 0.15) is 98.5 Å². The maximum atomic E-state index is 14.0. The fourth-order valence-corrected chi connectivity index (χ4v) is 12.7. The molecule has 0 saturated carbocycles. The predicted octanol–water partition coefficient (Wildman–Crippen LogP) is 4.37. The molecular formula is C44H59N5O6Si. The lowest BCUT2D eigenvalue weighted by Crippen LogP contribution is -2.68. The lowest BCUT2D eigenvalue weighted by atomic mass is 9.94. The first kappa shape index (κ1) is 42.5. The van der Waals surface area contributed by atoms with Crippen LogP contribution < -0.4 is 26.3 Å². The van der Waals surface area contributed by atoms with Gasteiger partial charge in [-0.1, -0.05) is 101 Å². The summed E-state index contributed by atoms with van der Waals surface area (Å²) in [7, 11) is -2.91. The predicted molar refractivity (Wildman–Crippen MR) is 220 cm³/mol. The Labute approximate surface area is 332 Å². The van der Waals surface area contributed by atoms with Gasteiger partial charge in [-0.15, -0.1) is 0 Å². The molecule has 2 aromatic carbocycles. The highest BCUT2D eigenvalue weighted by atomic mass is 28.4. The highest BCUT2D eigenvalue weighted by Crippen LogP contribution is 2.37. The van der Waals surface area contributed by atoms with Crippen molar-refractivity contribution in [2.45, 2.75) is 134 Å². The topological polar surface area (TPSA) is 147 Å². The number of amides is 4. The highest BCUT2D eigenvalue weighted by molar-refractivity contribution is 6.99. The van der Waals surface area contributed by atoms with E-state index in [1.807, 2.05) is 43.3 Å². The molecule has 3 N–H and O–H groups in total. The molecule has 11 nitrogen and oxygen atoms in total. The van der Waals surface area contributed by atoms with Crippen molar-refractivity contribution in [2.24, 2.45) is 0 Å². The first-order valence-electron chi connectivity index (χ1n) is 20.1. The van der Waals surface area contributed by atoms with Crippen molar-refractivity contribution in [3.05, 3.63) is 90.8 Å². The van der Waals surface area contributed by atoms with Crippen molar-refractivity contribution in [1.29, 1.82) is 0 Å². The molecule has 0 aliphatic carbocycles. The summed E-state index contributed by atoms with van der Waals surface area (Å²) in [4.78, 5) is 74.8. The van der Waals surface area contributed by atoms with Crippen molar-refractivity contribution in [3.8, 4) is 0 Å². The minimum absolute atomic E-state index is 0.0213. The Hall–Kier alpha value is -4.68. The van der Waals surface area contributed by atoms with Gasteiger partial charge in [-0.3, -0.25) is 29.0 Å². The maximum Gasteiger partial charge on any atom is 0.262 e. The number of nitrogens with zero attached hydrogens (tertiary/aromatic N) is 2. The quantitative estimate of drug-likeness (QED) is 0.163. The van der Waals surface area contributed by atoms with Gasteiger partial charge >= 0.3 is 0 Å². The zero-order chi connectivity index (χ0) is 40.5. The fourth-order valence-electron chi connectivity index (χ4n) is 8.03. The summed E-state index contributed by atoms with van der Waals surface area (Å²) in [6, 6.07) is 21.5. The molecular weight excluding hydrogens is 723 g/mol. The van der Waals surface area contributed by atoms with E-state index >= 15 is 0 Å². The second kappa shape index (κ2) is 18.5. The highest BCUT2D eigenvalue weighted by Gasteiger charge is 2.51. The summed E-state index contributed by atoms with van der Waals surface area (Å²) in [5.74, 6) is -1.60. The van der Waals surface area contributed by atoms with E-state index in [4.69, 9.17) is 4.43 Å². The van der Waals surface area contributed by atoms with Crippen LogP contribution in [-0.4, -0.2) is 83.9 Å². The Morgan fingerprint density at radius 1 is 0.893 bits per heavy atom. The number of fused-ring (bicyclic) bond motifs is 1. The van der Waals surface area contributed by atoms with Gasteiger partial charge < -0.3 is 25.3 Å². The number of benzene rings is 2. The molecule has 5 rings (SSSR count). The molecule has 2 saturated heterocycles. The first-order chi connectivity index (χ1) is 26.7.